The molecule has 104 valence electrons. The number of terminal acetylenes is 1. The summed E-state index contributed by atoms with van der Waals surface area (Å²) >= 11 is 13.6. The molecule has 0 aliphatic carbocycles. The molecule has 1 aromatic heterocycles. The van der Waals surface area contributed by atoms with E-state index in [-0.39, 0.29) is 5.91 Å². The first-order valence-corrected chi connectivity index (χ1v) is 7.63. The molecule has 3 nitrogen and oxygen atoms in total. The molecule has 1 heterocycles. The van der Waals surface area contributed by atoms with E-state index in [1.165, 1.54) is 11.3 Å². The molecule has 6 heteroatoms. The van der Waals surface area contributed by atoms with Crippen LogP contribution in [-0.4, -0.2) is 10.5 Å². The molecule has 0 spiro atoms. The van der Waals surface area contributed by atoms with E-state index < -0.39 is 0 Å². The van der Waals surface area contributed by atoms with Gasteiger partial charge in [0.25, 0.3) is 0 Å². The minimum absolute atomic E-state index is 0.160. The van der Waals surface area contributed by atoms with E-state index in [1.807, 2.05) is 6.92 Å². The molecule has 0 bridgehead atoms. The van der Waals surface area contributed by atoms with Gasteiger partial charge in [0.05, 0.1) is 21.8 Å². The molecule has 0 atom stereocenters. The van der Waals surface area contributed by atoms with E-state index in [0.29, 0.717) is 27.8 Å². The monoisotopic (exact) mass is 326 g/mol. The molecule has 2 rings (SSSR count). The summed E-state index contributed by atoms with van der Waals surface area (Å²) in [7, 11) is 0. The molecule has 0 N–H and O–H groups in total. The van der Waals surface area contributed by atoms with Crippen LogP contribution in [0.3, 0.4) is 0 Å². The van der Waals surface area contributed by atoms with Gasteiger partial charge >= 0.3 is 0 Å². The van der Waals surface area contributed by atoms with Gasteiger partial charge in [-0.25, -0.2) is 0 Å². The van der Waals surface area contributed by atoms with Crippen molar-refractivity contribution in [1.29, 1.82) is 0 Å². The van der Waals surface area contributed by atoms with Crippen LogP contribution < -0.4 is 4.80 Å². The van der Waals surface area contributed by atoms with Crippen LogP contribution in [0.5, 0.6) is 0 Å². The Labute approximate surface area is 130 Å². The first-order chi connectivity index (χ1) is 9.56. The number of rotatable bonds is 3. The average Bonchev–Trinajstić information content (AvgIpc) is 2.68. The zero-order chi connectivity index (χ0) is 14.7. The third kappa shape index (κ3) is 3.06. The van der Waals surface area contributed by atoms with E-state index in [9.17, 15) is 4.79 Å². The second-order valence-electron chi connectivity index (χ2n) is 4.16. The van der Waals surface area contributed by atoms with Gasteiger partial charge in [-0.2, -0.15) is 4.99 Å². The number of aromatic nitrogens is 1. The van der Waals surface area contributed by atoms with Crippen molar-refractivity contribution in [2.75, 3.05) is 0 Å². The molecule has 0 aliphatic heterocycles. The molecule has 1 aromatic carbocycles. The van der Waals surface area contributed by atoms with Gasteiger partial charge in [0.2, 0.25) is 5.91 Å². The van der Waals surface area contributed by atoms with Gasteiger partial charge in [-0.3, -0.25) is 4.79 Å². The van der Waals surface area contributed by atoms with E-state index >= 15 is 0 Å². The van der Waals surface area contributed by atoms with E-state index in [4.69, 9.17) is 29.6 Å². The Morgan fingerprint density at radius 2 is 2.25 bits per heavy atom. The Balaban J connectivity index is 2.72. The van der Waals surface area contributed by atoms with Crippen LogP contribution in [0.25, 0.3) is 10.2 Å². The molecule has 0 aliphatic rings. The van der Waals surface area contributed by atoms with Gasteiger partial charge in [-0.1, -0.05) is 47.4 Å². The second kappa shape index (κ2) is 6.45. The zero-order valence-corrected chi connectivity index (χ0v) is 13.1. The predicted octanol–water partition coefficient (Wildman–Crippen LogP) is 3.87. The van der Waals surface area contributed by atoms with Crippen LogP contribution in [0.15, 0.2) is 17.1 Å². The van der Waals surface area contributed by atoms with Crippen LogP contribution >= 0.6 is 34.5 Å². The van der Waals surface area contributed by atoms with Crippen molar-refractivity contribution in [3.8, 4) is 12.3 Å². The third-order valence-electron chi connectivity index (χ3n) is 2.63. The van der Waals surface area contributed by atoms with E-state index in [1.54, 1.807) is 16.7 Å². The Kier molecular flexibility index (Phi) is 4.87. The molecular weight excluding hydrogens is 315 g/mol. The molecule has 0 saturated heterocycles. The maximum absolute atomic E-state index is 11.7. The summed E-state index contributed by atoms with van der Waals surface area (Å²) in [4.78, 5) is 16.4. The van der Waals surface area contributed by atoms with Gasteiger partial charge in [0, 0.05) is 11.4 Å². The lowest BCUT2D eigenvalue weighted by atomic mass is 10.3. The number of hydrogen-bond donors (Lipinski definition) is 0. The number of benzene rings is 1. The molecule has 0 unspecified atom stereocenters. The SMILES string of the molecule is C#CCn1c(=NC(=O)CCC)sc2cc(Cl)cc(Cl)c21. The first kappa shape index (κ1) is 15.1. The lowest BCUT2D eigenvalue weighted by Crippen LogP contribution is -2.16. The Bertz CT molecular complexity index is 768. The number of carbonyl (C=O) groups is 1. The lowest BCUT2D eigenvalue weighted by Gasteiger charge is -2.02. The van der Waals surface area contributed by atoms with Crippen LogP contribution in [0.1, 0.15) is 19.8 Å². The van der Waals surface area contributed by atoms with Crippen molar-refractivity contribution in [3.05, 3.63) is 27.0 Å². The number of carbonyl (C=O) groups excluding carboxylic acids is 1. The molecule has 0 radical (unpaired) electrons. The predicted molar refractivity (Wildman–Crippen MR) is 84.1 cm³/mol. The maximum atomic E-state index is 11.7. The smallest absolute Gasteiger partial charge is 0.248 e. The lowest BCUT2D eigenvalue weighted by molar-refractivity contribution is -0.118. The van der Waals surface area contributed by atoms with Crippen molar-refractivity contribution in [2.24, 2.45) is 4.99 Å². The van der Waals surface area contributed by atoms with Crippen molar-refractivity contribution in [2.45, 2.75) is 26.3 Å². The van der Waals surface area contributed by atoms with E-state index in [0.717, 1.165) is 16.6 Å². The van der Waals surface area contributed by atoms with Gasteiger partial charge < -0.3 is 4.57 Å². The van der Waals surface area contributed by atoms with Crippen molar-refractivity contribution < 1.29 is 4.79 Å². The third-order valence-corrected chi connectivity index (χ3v) is 4.16. The standard InChI is InChI=1S/C14H12Cl2N2OS/c1-3-5-12(19)17-14-18(6-4-2)13-10(16)7-9(15)8-11(13)20-14/h2,7-8H,3,5-6H2,1H3. The van der Waals surface area contributed by atoms with Gasteiger partial charge in [-0.15, -0.1) is 6.42 Å². The highest BCUT2D eigenvalue weighted by atomic mass is 35.5. The number of amides is 1. The highest BCUT2D eigenvalue weighted by molar-refractivity contribution is 7.16. The van der Waals surface area contributed by atoms with Crippen molar-refractivity contribution in [3.63, 3.8) is 0 Å². The normalized spacial score (nSPS) is 11.8. The quantitative estimate of drug-likeness (QED) is 0.788. The fourth-order valence-corrected chi connectivity index (χ4v) is 3.66. The van der Waals surface area contributed by atoms with Gasteiger partial charge in [0.15, 0.2) is 4.80 Å². The summed E-state index contributed by atoms with van der Waals surface area (Å²) in [6.07, 6.45) is 6.56. The molecule has 1 amide bonds. The summed E-state index contributed by atoms with van der Waals surface area (Å²) in [5, 5.41) is 1.05. The summed E-state index contributed by atoms with van der Waals surface area (Å²) in [6, 6.07) is 3.45. The topological polar surface area (TPSA) is 34.4 Å². The number of fused-ring (bicyclic) bond motifs is 1. The fourth-order valence-electron chi connectivity index (χ4n) is 1.83. The van der Waals surface area contributed by atoms with Crippen LogP contribution in [0.2, 0.25) is 10.0 Å². The Morgan fingerprint density at radius 3 is 2.90 bits per heavy atom. The molecule has 0 fully saturated rings. The molecular formula is C14H12Cl2N2OS. The molecule has 2 aromatic rings. The van der Waals surface area contributed by atoms with E-state index in [2.05, 4.69) is 10.9 Å². The Hall–Kier alpha value is -1.28. The minimum Gasteiger partial charge on any atom is -0.303 e. The van der Waals surface area contributed by atoms with Crippen LogP contribution in [0.4, 0.5) is 0 Å². The summed E-state index contributed by atoms with van der Waals surface area (Å²) in [5.74, 6) is 2.40. The minimum atomic E-state index is -0.160. The Morgan fingerprint density at radius 1 is 1.50 bits per heavy atom. The first-order valence-electron chi connectivity index (χ1n) is 6.06. The van der Waals surface area contributed by atoms with Crippen molar-refractivity contribution >= 4 is 50.7 Å². The number of halogens is 2. The summed E-state index contributed by atoms with van der Waals surface area (Å²) in [5.41, 5.74) is 0.766. The molecule has 0 saturated carbocycles. The zero-order valence-electron chi connectivity index (χ0n) is 10.8. The average molecular weight is 327 g/mol. The van der Waals surface area contributed by atoms with Crippen LogP contribution in [-0.2, 0) is 11.3 Å². The highest BCUT2D eigenvalue weighted by Gasteiger charge is 2.11. The van der Waals surface area contributed by atoms with Gasteiger partial charge in [-0.05, 0) is 18.6 Å². The number of hydrogen-bond acceptors (Lipinski definition) is 2. The summed E-state index contributed by atoms with van der Waals surface area (Å²) < 4.78 is 2.63. The second-order valence-corrected chi connectivity index (χ2v) is 6.02. The largest absolute Gasteiger partial charge is 0.303 e. The van der Waals surface area contributed by atoms with Crippen LogP contribution in [0, 0.1) is 12.3 Å². The molecule has 20 heavy (non-hydrogen) atoms. The fraction of sp³-hybridized carbons (Fsp3) is 0.286. The number of thiazole rings is 1. The number of nitrogens with zero attached hydrogens (tertiary/aromatic N) is 2. The maximum Gasteiger partial charge on any atom is 0.248 e. The van der Waals surface area contributed by atoms with Crippen molar-refractivity contribution in [1.82, 2.24) is 4.57 Å². The highest BCUT2D eigenvalue weighted by Crippen LogP contribution is 2.29. The summed E-state index contributed by atoms with van der Waals surface area (Å²) in [6.45, 7) is 2.24. The van der Waals surface area contributed by atoms with Gasteiger partial charge in [0.1, 0.15) is 0 Å².